The third-order valence-electron chi connectivity index (χ3n) is 11.7. The zero-order chi connectivity index (χ0) is 38.3. The minimum absolute atomic E-state index is 0.0924. The maximum atomic E-state index is 13.9. The van der Waals surface area contributed by atoms with Gasteiger partial charge in [-0.1, -0.05) is 20.8 Å². The Morgan fingerprint density at radius 3 is 2.00 bits per heavy atom. The minimum atomic E-state index is -2.00. The van der Waals surface area contributed by atoms with Gasteiger partial charge in [0.1, 0.15) is 29.7 Å². The van der Waals surface area contributed by atoms with Crippen LogP contribution >= 0.6 is 0 Å². The van der Waals surface area contributed by atoms with Crippen molar-refractivity contribution in [3.8, 4) is 0 Å². The second kappa shape index (κ2) is 16.4. The van der Waals surface area contributed by atoms with E-state index in [1.807, 2.05) is 25.9 Å². The second-order valence-electron chi connectivity index (χ2n) is 16.2. The molecule has 0 spiro atoms. The third kappa shape index (κ3) is 9.07. The van der Waals surface area contributed by atoms with Gasteiger partial charge in [-0.05, 0) is 75.4 Å². The Balaban J connectivity index is 2.16. The van der Waals surface area contributed by atoms with E-state index in [4.69, 9.17) is 28.4 Å². The number of aliphatic hydroxyl groups excluding tert-OH is 3. The average Bonchev–Trinajstić information content (AvgIpc) is 3.03. The SMILES string of the molecule is CO[C@]1(C)C[C@H](OC2[C@@H](C)C(=O)O[C@H](C)[C@@](C)(O)[C@H](O)[C@@H](C)C(=O)[C@H](C)C[C@@](C)(O)[C@H](O[C@@H]3O[C@H](C)C[C@H](N(C)C)[C@H]3O)[C@H]2C)O[C@@H](C)[C@@H]1O. The van der Waals surface area contributed by atoms with Crippen LogP contribution < -0.4 is 0 Å². The minimum Gasteiger partial charge on any atom is -0.459 e. The van der Waals surface area contributed by atoms with Gasteiger partial charge in [-0.25, -0.2) is 0 Å². The predicted molar refractivity (Wildman–Crippen MR) is 182 cm³/mol. The van der Waals surface area contributed by atoms with E-state index in [1.165, 1.54) is 34.8 Å². The number of hydrogen-bond donors (Lipinski definition) is 5. The quantitative estimate of drug-likeness (QED) is 0.247. The first kappa shape index (κ1) is 43.1. The first-order chi connectivity index (χ1) is 22.9. The molecule has 18 atom stereocenters. The molecule has 1 unspecified atom stereocenters. The summed E-state index contributed by atoms with van der Waals surface area (Å²) in [6, 6.07) is -0.323. The van der Waals surface area contributed by atoms with Crippen LogP contribution in [-0.4, -0.2) is 148 Å². The van der Waals surface area contributed by atoms with E-state index < -0.39 is 108 Å². The molecule has 3 aliphatic heterocycles. The number of ether oxygens (including phenoxy) is 6. The molecule has 14 nitrogen and oxygen atoms in total. The molecule has 50 heavy (non-hydrogen) atoms. The summed E-state index contributed by atoms with van der Waals surface area (Å²) in [5, 5.41) is 57.2. The molecule has 3 heterocycles. The third-order valence-corrected chi connectivity index (χ3v) is 11.7. The van der Waals surface area contributed by atoms with Crippen LogP contribution in [0.5, 0.6) is 0 Å². The van der Waals surface area contributed by atoms with Gasteiger partial charge in [0.2, 0.25) is 0 Å². The van der Waals surface area contributed by atoms with Crippen molar-refractivity contribution in [2.45, 2.75) is 173 Å². The molecule has 0 amide bonds. The van der Waals surface area contributed by atoms with E-state index in [0.29, 0.717) is 6.42 Å². The monoisotopic (exact) mass is 719 g/mol. The molecule has 3 rings (SSSR count). The Morgan fingerprint density at radius 1 is 0.840 bits per heavy atom. The molecular weight excluding hydrogens is 654 g/mol. The van der Waals surface area contributed by atoms with Gasteiger partial charge < -0.3 is 58.9 Å². The summed E-state index contributed by atoms with van der Waals surface area (Å²) in [5.41, 5.74) is -4.85. The van der Waals surface area contributed by atoms with E-state index in [-0.39, 0.29) is 25.0 Å². The van der Waals surface area contributed by atoms with Crippen molar-refractivity contribution < 1.29 is 63.5 Å². The molecule has 3 fully saturated rings. The highest BCUT2D eigenvalue weighted by Crippen LogP contribution is 2.40. The number of cyclic esters (lactones) is 1. The van der Waals surface area contributed by atoms with Crippen LogP contribution in [0.1, 0.15) is 88.5 Å². The number of methoxy groups -OCH3 is 1. The summed E-state index contributed by atoms with van der Waals surface area (Å²) in [6.07, 6.45) is -9.90. The largest absolute Gasteiger partial charge is 0.459 e. The van der Waals surface area contributed by atoms with Crippen LogP contribution in [0, 0.1) is 23.7 Å². The van der Waals surface area contributed by atoms with Crippen LogP contribution in [-0.2, 0) is 38.0 Å². The Bertz CT molecular complexity index is 1150. The van der Waals surface area contributed by atoms with Gasteiger partial charge in [0, 0.05) is 37.3 Å². The van der Waals surface area contributed by atoms with E-state index in [0.717, 1.165) is 0 Å². The number of carbonyl (C=O) groups excluding carboxylic acids is 2. The molecular formula is C36H65NO13. The zero-order valence-electron chi connectivity index (χ0n) is 32.2. The van der Waals surface area contributed by atoms with Gasteiger partial charge in [0.05, 0.1) is 47.6 Å². The van der Waals surface area contributed by atoms with Gasteiger partial charge in [-0.2, -0.15) is 0 Å². The lowest BCUT2D eigenvalue weighted by Crippen LogP contribution is -2.61. The summed E-state index contributed by atoms with van der Waals surface area (Å²) >= 11 is 0. The molecule has 5 N–H and O–H groups in total. The van der Waals surface area contributed by atoms with E-state index in [2.05, 4.69) is 0 Å². The standard InChI is InChI=1S/C36H65NO13/c1-17-15-34(8,43)31(50-33-27(39)24(37(11)12)14-18(2)46-33)20(4)28(49-25-16-35(9,45-13)30(41)22(6)47-25)21(5)32(42)48-23(7)36(10,44)29(40)19(3)26(17)38/h17-25,27-31,33,39-41,43-44H,14-16H2,1-13H3/t17-,18-,19+,20+,21-,22+,23-,24+,25+,27-,28?,29-,30+,31-,33+,34-,35-,36-/m1/s1. The molecule has 0 aromatic carbocycles. The summed E-state index contributed by atoms with van der Waals surface area (Å²) < 4.78 is 36.8. The Hall–Kier alpha value is -1.30. The van der Waals surface area contributed by atoms with Crippen LogP contribution in [0.3, 0.4) is 0 Å². The number of aliphatic hydroxyl groups is 5. The Labute approximate surface area is 297 Å². The second-order valence-corrected chi connectivity index (χ2v) is 16.2. The predicted octanol–water partition coefficient (Wildman–Crippen LogP) is 1.40. The summed E-state index contributed by atoms with van der Waals surface area (Å²) in [4.78, 5) is 29.5. The highest BCUT2D eigenvalue weighted by molar-refractivity contribution is 5.83. The van der Waals surface area contributed by atoms with Gasteiger partial charge in [-0.15, -0.1) is 0 Å². The Kier molecular flexibility index (Phi) is 14.1. The topological polar surface area (TPSA) is 194 Å². The van der Waals surface area contributed by atoms with Gasteiger partial charge >= 0.3 is 5.97 Å². The molecule has 292 valence electrons. The summed E-state index contributed by atoms with van der Waals surface area (Å²) in [6.45, 7) is 16.0. The fourth-order valence-electron chi connectivity index (χ4n) is 8.00. The van der Waals surface area contributed by atoms with E-state index in [1.54, 1.807) is 34.6 Å². The van der Waals surface area contributed by atoms with Gasteiger partial charge in [0.15, 0.2) is 12.6 Å². The van der Waals surface area contributed by atoms with Crippen LogP contribution in [0.25, 0.3) is 0 Å². The summed E-state index contributed by atoms with van der Waals surface area (Å²) in [5.74, 6) is -5.00. The lowest BCUT2D eigenvalue weighted by Gasteiger charge is -2.49. The average molecular weight is 720 g/mol. The van der Waals surface area contributed by atoms with Crippen LogP contribution in [0.2, 0.25) is 0 Å². The number of hydrogen-bond acceptors (Lipinski definition) is 14. The molecule has 3 saturated heterocycles. The number of rotatable bonds is 6. The normalized spacial score (nSPS) is 50.5. The molecule has 0 aromatic rings. The summed E-state index contributed by atoms with van der Waals surface area (Å²) in [7, 11) is 5.17. The molecule has 0 aliphatic carbocycles. The number of likely N-dealkylation sites (N-methyl/N-ethyl adjacent to an activating group) is 1. The first-order valence-corrected chi connectivity index (χ1v) is 18.0. The Morgan fingerprint density at radius 2 is 1.44 bits per heavy atom. The number of carbonyl (C=O) groups is 2. The first-order valence-electron chi connectivity index (χ1n) is 18.0. The van der Waals surface area contributed by atoms with Crippen molar-refractivity contribution in [3.63, 3.8) is 0 Å². The maximum absolute atomic E-state index is 13.9. The lowest BCUT2D eigenvalue weighted by molar-refractivity contribution is -0.318. The van der Waals surface area contributed by atoms with Crippen molar-refractivity contribution in [2.75, 3.05) is 21.2 Å². The molecule has 0 bridgehead atoms. The van der Waals surface area contributed by atoms with Gasteiger partial charge in [0.25, 0.3) is 0 Å². The number of nitrogens with zero attached hydrogens (tertiary/aromatic N) is 1. The van der Waals surface area contributed by atoms with Crippen molar-refractivity contribution in [1.29, 1.82) is 0 Å². The van der Waals surface area contributed by atoms with E-state index >= 15 is 0 Å². The smallest absolute Gasteiger partial charge is 0.311 e. The molecule has 0 saturated carbocycles. The fourth-order valence-corrected chi connectivity index (χ4v) is 8.00. The number of esters is 1. The highest BCUT2D eigenvalue weighted by Gasteiger charge is 2.53. The van der Waals surface area contributed by atoms with Crippen LogP contribution in [0.4, 0.5) is 0 Å². The van der Waals surface area contributed by atoms with Crippen molar-refractivity contribution >= 4 is 11.8 Å². The molecule has 0 radical (unpaired) electrons. The number of ketones is 1. The zero-order valence-corrected chi connectivity index (χ0v) is 32.2. The highest BCUT2D eigenvalue weighted by atomic mass is 16.7. The molecule has 3 aliphatic rings. The number of Topliss-reactive ketones (excluding diaryl/α,β-unsaturated/α-hetero) is 1. The van der Waals surface area contributed by atoms with Crippen molar-refractivity contribution in [3.05, 3.63) is 0 Å². The fraction of sp³-hybridized carbons (Fsp3) is 0.944. The lowest BCUT2D eigenvalue weighted by atomic mass is 9.74. The van der Waals surface area contributed by atoms with Crippen molar-refractivity contribution in [1.82, 2.24) is 4.90 Å². The van der Waals surface area contributed by atoms with E-state index in [9.17, 15) is 35.1 Å². The van der Waals surface area contributed by atoms with Crippen molar-refractivity contribution in [2.24, 2.45) is 23.7 Å². The molecule has 0 aromatic heterocycles. The molecule has 14 heteroatoms. The van der Waals surface area contributed by atoms with Crippen LogP contribution in [0.15, 0.2) is 0 Å². The maximum Gasteiger partial charge on any atom is 0.311 e. The van der Waals surface area contributed by atoms with Gasteiger partial charge in [-0.3, -0.25) is 9.59 Å².